The predicted octanol–water partition coefficient (Wildman–Crippen LogP) is 1.31. The molecule has 0 unspecified atom stereocenters. The Balaban J connectivity index is 1.90. The molecular weight excluding hydrogens is 242 g/mol. The normalized spacial score (nSPS) is 10.5. The Bertz CT molecular complexity index is 545. The summed E-state index contributed by atoms with van der Waals surface area (Å²) in [5.41, 5.74) is -0.148. The molecule has 2 rings (SSSR count). The van der Waals surface area contributed by atoms with Crippen molar-refractivity contribution in [3.63, 3.8) is 0 Å². The van der Waals surface area contributed by atoms with Crippen LogP contribution < -0.4 is 10.4 Å². The van der Waals surface area contributed by atoms with Gasteiger partial charge in [-0.25, -0.2) is 9.48 Å². The molecule has 5 nitrogen and oxygen atoms in total. The highest BCUT2D eigenvalue weighted by Gasteiger charge is 2.01. The van der Waals surface area contributed by atoms with Crippen LogP contribution in [-0.4, -0.2) is 21.0 Å². The lowest BCUT2D eigenvalue weighted by atomic mass is 10.3. The minimum absolute atomic E-state index is 0.148. The van der Waals surface area contributed by atoms with Crippen molar-refractivity contribution < 1.29 is 4.74 Å². The fraction of sp³-hybridized carbons (Fsp3) is 0.273. The summed E-state index contributed by atoms with van der Waals surface area (Å²) in [5.74, 6) is 0.721. The number of aryl methyl sites for hydroxylation is 1. The molecule has 0 aliphatic heterocycles. The van der Waals surface area contributed by atoms with E-state index in [9.17, 15) is 4.79 Å². The summed E-state index contributed by atoms with van der Waals surface area (Å²) in [4.78, 5) is 11.4. The Kier molecular flexibility index (Phi) is 3.49. The summed E-state index contributed by atoms with van der Waals surface area (Å²) in [6.45, 7) is 0.806. The van der Waals surface area contributed by atoms with Crippen LogP contribution in [0.3, 0.4) is 0 Å². The lowest BCUT2D eigenvalue weighted by Crippen LogP contribution is -2.25. The molecule has 0 N–H and O–H groups in total. The molecule has 0 spiro atoms. The minimum Gasteiger partial charge on any atom is -0.492 e. The summed E-state index contributed by atoms with van der Waals surface area (Å²) >= 11 is 5.75. The van der Waals surface area contributed by atoms with Gasteiger partial charge in [-0.15, -0.1) is 0 Å². The van der Waals surface area contributed by atoms with Gasteiger partial charge in [0.2, 0.25) is 0 Å². The van der Waals surface area contributed by atoms with E-state index in [1.54, 1.807) is 31.3 Å². The molecule has 6 heteroatoms. The molecule has 0 saturated heterocycles. The van der Waals surface area contributed by atoms with E-state index in [0.717, 1.165) is 5.75 Å². The zero-order valence-corrected chi connectivity index (χ0v) is 10.1. The number of rotatable bonds is 4. The smallest absolute Gasteiger partial charge is 0.345 e. The number of hydrogen-bond acceptors (Lipinski definition) is 3. The van der Waals surface area contributed by atoms with Gasteiger partial charge >= 0.3 is 5.69 Å². The van der Waals surface area contributed by atoms with E-state index in [0.29, 0.717) is 18.2 Å². The second kappa shape index (κ2) is 5.05. The molecule has 0 bridgehead atoms. The van der Waals surface area contributed by atoms with Crippen molar-refractivity contribution in [2.45, 2.75) is 6.54 Å². The van der Waals surface area contributed by atoms with E-state index in [-0.39, 0.29) is 5.69 Å². The Morgan fingerprint density at radius 1 is 1.35 bits per heavy atom. The lowest BCUT2D eigenvalue weighted by molar-refractivity contribution is 0.288. The molecule has 0 fully saturated rings. The SMILES string of the molecule is Cn1cnn(CCOc2ccc(Cl)cc2)c1=O. The molecule has 0 aliphatic carbocycles. The first-order valence-corrected chi connectivity index (χ1v) is 5.51. The molecule has 0 saturated carbocycles. The highest BCUT2D eigenvalue weighted by Crippen LogP contribution is 2.15. The van der Waals surface area contributed by atoms with Gasteiger partial charge in [-0.05, 0) is 24.3 Å². The molecule has 1 heterocycles. The van der Waals surface area contributed by atoms with E-state index >= 15 is 0 Å². The van der Waals surface area contributed by atoms with Crippen molar-refractivity contribution >= 4 is 11.6 Å². The summed E-state index contributed by atoms with van der Waals surface area (Å²) in [6, 6.07) is 7.07. The van der Waals surface area contributed by atoms with Gasteiger partial charge in [0.05, 0.1) is 6.54 Å². The quantitative estimate of drug-likeness (QED) is 0.826. The van der Waals surface area contributed by atoms with Crippen LogP contribution >= 0.6 is 11.6 Å². The highest BCUT2D eigenvalue weighted by molar-refractivity contribution is 6.30. The van der Waals surface area contributed by atoms with Crippen LogP contribution in [0.4, 0.5) is 0 Å². The molecule has 0 aliphatic rings. The third-order valence-corrected chi connectivity index (χ3v) is 2.52. The summed E-state index contributed by atoms with van der Waals surface area (Å²) in [7, 11) is 1.66. The molecule has 1 aromatic carbocycles. The molecule has 1 aromatic heterocycles. The van der Waals surface area contributed by atoms with Gasteiger partial charge in [-0.3, -0.25) is 4.57 Å². The second-order valence-electron chi connectivity index (χ2n) is 3.55. The lowest BCUT2D eigenvalue weighted by Gasteiger charge is -2.05. The standard InChI is InChI=1S/C11H12ClN3O2/c1-14-8-13-15(11(14)16)6-7-17-10-4-2-9(12)3-5-10/h2-5,8H,6-7H2,1H3. The summed E-state index contributed by atoms with van der Waals surface area (Å²) in [6.07, 6.45) is 1.48. The number of hydrogen-bond donors (Lipinski definition) is 0. The van der Waals surface area contributed by atoms with Crippen LogP contribution in [0.2, 0.25) is 5.02 Å². The first-order valence-electron chi connectivity index (χ1n) is 5.13. The number of benzene rings is 1. The maximum Gasteiger partial charge on any atom is 0.345 e. The third-order valence-electron chi connectivity index (χ3n) is 2.27. The van der Waals surface area contributed by atoms with Gasteiger partial charge in [-0.1, -0.05) is 11.6 Å². The Morgan fingerprint density at radius 2 is 2.06 bits per heavy atom. The fourth-order valence-corrected chi connectivity index (χ4v) is 1.48. The molecule has 17 heavy (non-hydrogen) atoms. The average Bonchev–Trinajstić information content (AvgIpc) is 2.64. The first-order chi connectivity index (χ1) is 8.16. The van der Waals surface area contributed by atoms with Gasteiger partial charge in [-0.2, -0.15) is 5.10 Å². The fourth-order valence-electron chi connectivity index (χ4n) is 1.35. The van der Waals surface area contributed by atoms with Crippen LogP contribution in [0, 0.1) is 0 Å². The molecule has 2 aromatic rings. The minimum atomic E-state index is -0.148. The van der Waals surface area contributed by atoms with Gasteiger partial charge in [0, 0.05) is 12.1 Å². The largest absolute Gasteiger partial charge is 0.492 e. The Hall–Kier alpha value is -1.75. The monoisotopic (exact) mass is 253 g/mol. The summed E-state index contributed by atoms with van der Waals surface area (Å²) < 4.78 is 8.24. The van der Waals surface area contributed by atoms with Crippen LogP contribution in [0.25, 0.3) is 0 Å². The van der Waals surface area contributed by atoms with Crippen molar-refractivity contribution in [2.24, 2.45) is 7.05 Å². The van der Waals surface area contributed by atoms with Gasteiger partial charge in [0.15, 0.2) is 0 Å². The Morgan fingerprint density at radius 3 is 2.65 bits per heavy atom. The van der Waals surface area contributed by atoms with Crippen LogP contribution in [-0.2, 0) is 13.6 Å². The predicted molar refractivity (Wildman–Crippen MR) is 64.4 cm³/mol. The topological polar surface area (TPSA) is 49.0 Å². The molecule has 90 valence electrons. The van der Waals surface area contributed by atoms with E-state index in [2.05, 4.69) is 5.10 Å². The van der Waals surface area contributed by atoms with Crippen LogP contribution in [0.1, 0.15) is 0 Å². The van der Waals surface area contributed by atoms with Crippen LogP contribution in [0.5, 0.6) is 5.75 Å². The molecule has 0 atom stereocenters. The van der Waals surface area contributed by atoms with Crippen LogP contribution in [0.15, 0.2) is 35.4 Å². The van der Waals surface area contributed by atoms with E-state index in [1.165, 1.54) is 15.6 Å². The second-order valence-corrected chi connectivity index (χ2v) is 3.99. The third kappa shape index (κ3) is 2.88. The van der Waals surface area contributed by atoms with Crippen molar-refractivity contribution in [3.8, 4) is 5.75 Å². The zero-order chi connectivity index (χ0) is 12.3. The van der Waals surface area contributed by atoms with Gasteiger partial charge in [0.1, 0.15) is 18.7 Å². The zero-order valence-electron chi connectivity index (χ0n) is 9.34. The number of aromatic nitrogens is 3. The van der Waals surface area contributed by atoms with E-state index in [4.69, 9.17) is 16.3 Å². The molecule has 0 amide bonds. The van der Waals surface area contributed by atoms with Crippen molar-refractivity contribution in [1.82, 2.24) is 14.3 Å². The maximum absolute atomic E-state index is 11.4. The van der Waals surface area contributed by atoms with Crippen molar-refractivity contribution in [2.75, 3.05) is 6.61 Å². The Labute approximate surface area is 103 Å². The highest BCUT2D eigenvalue weighted by atomic mass is 35.5. The first kappa shape index (κ1) is 11.7. The average molecular weight is 254 g/mol. The number of halogens is 1. The van der Waals surface area contributed by atoms with Gasteiger partial charge in [0.25, 0.3) is 0 Å². The number of nitrogens with zero attached hydrogens (tertiary/aromatic N) is 3. The molecule has 0 radical (unpaired) electrons. The summed E-state index contributed by atoms with van der Waals surface area (Å²) in [5, 5.41) is 4.59. The molecular formula is C11H12ClN3O2. The van der Waals surface area contributed by atoms with E-state index in [1.807, 2.05) is 0 Å². The van der Waals surface area contributed by atoms with Crippen molar-refractivity contribution in [1.29, 1.82) is 0 Å². The van der Waals surface area contributed by atoms with E-state index < -0.39 is 0 Å². The maximum atomic E-state index is 11.4. The van der Waals surface area contributed by atoms with Crippen molar-refractivity contribution in [3.05, 3.63) is 46.1 Å². The number of ether oxygens (including phenoxy) is 1. The van der Waals surface area contributed by atoms with Gasteiger partial charge < -0.3 is 4.74 Å².